The van der Waals surface area contributed by atoms with Gasteiger partial charge in [-0.3, -0.25) is 28.8 Å². The molecule has 16 nitrogen and oxygen atoms in total. The molecule has 2 fully saturated rings. The summed E-state index contributed by atoms with van der Waals surface area (Å²) in [6, 6.07) is 21.2. The Labute approximate surface area is 482 Å². The van der Waals surface area contributed by atoms with E-state index in [1.54, 1.807) is 84.9 Å². The van der Waals surface area contributed by atoms with Gasteiger partial charge in [0.15, 0.2) is 0 Å². The summed E-state index contributed by atoms with van der Waals surface area (Å²) in [6.45, 7) is 11.8. The number of ether oxygens (including phenoxy) is 1. The van der Waals surface area contributed by atoms with Crippen LogP contribution in [0.5, 0.6) is 0 Å². The first-order chi connectivity index (χ1) is 37.2. The van der Waals surface area contributed by atoms with Gasteiger partial charge in [0, 0.05) is 48.1 Å². The van der Waals surface area contributed by atoms with Gasteiger partial charge in [-0.2, -0.15) is 0 Å². The third-order valence-corrected chi connectivity index (χ3v) is 15.6. The first kappa shape index (κ1) is 63.6. The van der Waals surface area contributed by atoms with E-state index in [4.69, 9.17) is 51.1 Å². The van der Waals surface area contributed by atoms with Gasteiger partial charge in [0.05, 0.1) is 49.2 Å². The zero-order valence-electron chi connectivity index (χ0n) is 45.8. The molecule has 0 aromatic heterocycles. The van der Waals surface area contributed by atoms with Gasteiger partial charge in [-0.25, -0.2) is 9.59 Å². The average molecular weight is 1170 g/mol. The fourth-order valence-electron chi connectivity index (χ4n) is 9.54. The highest BCUT2D eigenvalue weighted by molar-refractivity contribution is 6.41. The number of benzene rings is 4. The maximum atomic E-state index is 13.5. The van der Waals surface area contributed by atoms with Crippen molar-refractivity contribution in [3.05, 3.63) is 127 Å². The number of halogens is 4. The molecule has 2 aliphatic carbocycles. The number of carbonyl (C=O) groups excluding carboxylic acids is 7. The SMILES string of the molecule is CC(C)(C)C(=O)NCCC1(C(=O)N[C@@H](Cc2ccc(NC(=O)c3c(Cl)cccc3Cl)cc2)C(=O)O)CCCC1.COC(=O)[C@H](Cc1ccc(NC(=O)c2c(Cl)cccc2Cl)cc1)NC(=O)C1(CCNC(=O)C(C)(C)C)CCCC1. The van der Waals surface area contributed by atoms with Crippen molar-refractivity contribution in [1.29, 1.82) is 0 Å². The van der Waals surface area contributed by atoms with Crippen LogP contribution in [0.3, 0.4) is 0 Å². The molecule has 2 aliphatic rings. The third-order valence-electron chi connectivity index (χ3n) is 14.3. The van der Waals surface area contributed by atoms with Gasteiger partial charge in [-0.05, 0) is 98.2 Å². The minimum Gasteiger partial charge on any atom is -0.480 e. The van der Waals surface area contributed by atoms with E-state index in [-0.39, 0.29) is 67.7 Å². The highest BCUT2D eigenvalue weighted by atomic mass is 35.5. The van der Waals surface area contributed by atoms with Crippen LogP contribution in [-0.2, 0) is 46.3 Å². The highest BCUT2D eigenvalue weighted by Gasteiger charge is 2.44. The molecule has 0 heterocycles. The van der Waals surface area contributed by atoms with Crippen LogP contribution in [0, 0.1) is 21.7 Å². The lowest BCUT2D eigenvalue weighted by atomic mass is 9.81. The second-order valence-electron chi connectivity index (χ2n) is 22.3. The van der Waals surface area contributed by atoms with Gasteiger partial charge in [0.2, 0.25) is 23.6 Å². The number of carbonyl (C=O) groups is 8. The Morgan fingerprint density at radius 1 is 0.532 bits per heavy atom. The Balaban J connectivity index is 0.000000291. The first-order valence-corrected chi connectivity index (χ1v) is 27.9. The second kappa shape index (κ2) is 28.3. The number of esters is 1. The minimum absolute atomic E-state index is 0.0666. The predicted molar refractivity (Wildman–Crippen MR) is 309 cm³/mol. The lowest BCUT2D eigenvalue weighted by Gasteiger charge is -2.30. The van der Waals surface area contributed by atoms with Crippen LogP contribution in [0.1, 0.15) is 138 Å². The number of anilines is 2. The van der Waals surface area contributed by atoms with E-state index in [9.17, 15) is 43.5 Å². The van der Waals surface area contributed by atoms with E-state index in [1.807, 2.05) is 41.5 Å². The van der Waals surface area contributed by atoms with Crippen LogP contribution in [0.25, 0.3) is 0 Å². The number of methoxy groups -OCH3 is 1. The van der Waals surface area contributed by atoms with Crippen molar-refractivity contribution in [2.24, 2.45) is 21.7 Å². The number of nitrogens with one attached hydrogen (secondary N) is 6. The molecule has 0 spiro atoms. The molecule has 0 radical (unpaired) electrons. The first-order valence-electron chi connectivity index (χ1n) is 26.4. The van der Waals surface area contributed by atoms with E-state index in [2.05, 4.69) is 31.9 Å². The summed E-state index contributed by atoms with van der Waals surface area (Å²) in [5.41, 5.74) is 0.402. The maximum absolute atomic E-state index is 13.5. The minimum atomic E-state index is -1.14. The Hall–Kier alpha value is -6.20. The van der Waals surface area contributed by atoms with Crippen LogP contribution in [-0.4, -0.2) is 84.8 Å². The van der Waals surface area contributed by atoms with Crippen LogP contribution < -0.4 is 31.9 Å². The van der Waals surface area contributed by atoms with Crippen molar-refractivity contribution in [1.82, 2.24) is 21.3 Å². The Bertz CT molecular complexity index is 2800. The van der Waals surface area contributed by atoms with Gasteiger partial charge in [0.1, 0.15) is 12.1 Å². The highest BCUT2D eigenvalue weighted by Crippen LogP contribution is 2.43. The Kier molecular flexibility index (Phi) is 22.8. The molecule has 2 saturated carbocycles. The van der Waals surface area contributed by atoms with Crippen LogP contribution in [0.15, 0.2) is 84.9 Å². The molecule has 0 aliphatic heterocycles. The lowest BCUT2D eigenvalue weighted by Crippen LogP contribution is -2.50. The summed E-state index contributed by atoms with van der Waals surface area (Å²) >= 11 is 24.5. The monoisotopic (exact) mass is 1160 g/mol. The molecule has 6 rings (SSSR count). The molecule has 4 aromatic carbocycles. The second-order valence-corrected chi connectivity index (χ2v) is 23.9. The van der Waals surface area contributed by atoms with Crippen molar-refractivity contribution in [2.45, 2.75) is 131 Å². The van der Waals surface area contributed by atoms with E-state index >= 15 is 0 Å². The zero-order valence-corrected chi connectivity index (χ0v) is 48.8. The number of carboxylic acids is 1. The van der Waals surface area contributed by atoms with Gasteiger partial charge in [-0.1, -0.05) is 150 Å². The maximum Gasteiger partial charge on any atom is 0.328 e. The fourth-order valence-corrected chi connectivity index (χ4v) is 10.7. The summed E-state index contributed by atoms with van der Waals surface area (Å²) in [5, 5.41) is 27.8. The molecule has 426 valence electrons. The molecule has 7 N–H and O–H groups in total. The summed E-state index contributed by atoms with van der Waals surface area (Å²) in [4.78, 5) is 101. The van der Waals surface area contributed by atoms with Crippen LogP contribution in [0.4, 0.5) is 11.4 Å². The summed E-state index contributed by atoms with van der Waals surface area (Å²) in [6.07, 6.45) is 7.52. The topological polar surface area (TPSA) is 238 Å². The van der Waals surface area contributed by atoms with Gasteiger partial charge >= 0.3 is 11.9 Å². The number of aliphatic carboxylic acids is 1. The fraction of sp³-hybridized carbons (Fsp3) is 0.458. The van der Waals surface area contributed by atoms with E-state index < -0.39 is 57.5 Å². The van der Waals surface area contributed by atoms with E-state index in [1.165, 1.54) is 7.11 Å². The molecule has 20 heteroatoms. The summed E-state index contributed by atoms with van der Waals surface area (Å²) in [5.74, 6) is -3.24. The van der Waals surface area contributed by atoms with Gasteiger partial charge in [0.25, 0.3) is 11.8 Å². The Morgan fingerprint density at radius 2 is 0.861 bits per heavy atom. The van der Waals surface area contributed by atoms with Crippen molar-refractivity contribution < 1.29 is 48.2 Å². The molecular weight excluding hydrogens is 1090 g/mol. The molecule has 4 aromatic rings. The molecule has 0 unspecified atom stereocenters. The van der Waals surface area contributed by atoms with E-state index in [0.717, 1.165) is 31.2 Å². The standard InChI is InChI=1S/C30H37Cl2N3O5.C29H35Cl2N3O5/c1-29(2,3)27(38)33-17-16-30(14-5-6-15-30)28(39)35-23(26(37)40-4)18-19-10-12-20(13-11-19)34-25(36)24-21(31)8-7-9-22(24)32;1-28(2,3)26(38)32-16-15-29(13-4-5-14-29)27(39)34-22(25(36)37)17-18-9-11-19(12-10-18)33-24(35)23-20(30)7-6-8-21(23)31/h7-13,23H,5-6,14-18H2,1-4H3,(H,33,38)(H,34,36)(H,35,39);6-12,22H,4-5,13-17H2,1-3H3,(H,32,38)(H,33,35)(H,34,39)(H,36,37)/t23-;22-/m00/s1. The van der Waals surface area contributed by atoms with Crippen LogP contribution >= 0.6 is 46.4 Å². The largest absolute Gasteiger partial charge is 0.480 e. The van der Waals surface area contributed by atoms with Crippen molar-refractivity contribution in [3.63, 3.8) is 0 Å². The average Bonchev–Trinajstić information content (AvgIpc) is 4.09. The number of amides is 6. The van der Waals surface area contributed by atoms with E-state index in [0.29, 0.717) is 68.6 Å². The quantitative estimate of drug-likeness (QED) is 0.0413. The smallest absolute Gasteiger partial charge is 0.328 e. The van der Waals surface area contributed by atoms with Crippen LogP contribution in [0.2, 0.25) is 20.1 Å². The van der Waals surface area contributed by atoms with Gasteiger partial charge < -0.3 is 41.7 Å². The number of hydrogen-bond donors (Lipinski definition) is 7. The molecule has 0 bridgehead atoms. The van der Waals surface area contributed by atoms with Crippen molar-refractivity contribution >= 4 is 105 Å². The Morgan fingerprint density at radius 3 is 1.18 bits per heavy atom. The van der Waals surface area contributed by atoms with Gasteiger partial charge in [-0.15, -0.1) is 0 Å². The third kappa shape index (κ3) is 17.9. The van der Waals surface area contributed by atoms with Crippen molar-refractivity contribution in [3.8, 4) is 0 Å². The molecule has 79 heavy (non-hydrogen) atoms. The molecule has 2 atom stereocenters. The van der Waals surface area contributed by atoms with Crippen molar-refractivity contribution in [2.75, 3.05) is 30.8 Å². The number of rotatable bonds is 20. The molecule has 6 amide bonds. The number of hydrogen-bond acceptors (Lipinski definition) is 9. The number of carboxylic acid groups (broad SMARTS) is 1. The summed E-state index contributed by atoms with van der Waals surface area (Å²) < 4.78 is 4.99. The molecule has 0 saturated heterocycles. The normalized spacial score (nSPS) is 15.2. The summed E-state index contributed by atoms with van der Waals surface area (Å²) in [7, 11) is 1.29. The predicted octanol–water partition coefficient (Wildman–Crippen LogP) is 11.0. The molecular formula is C59H72Cl4N6O10. The zero-order chi connectivity index (χ0) is 58.3. The lowest BCUT2D eigenvalue weighted by molar-refractivity contribution is -0.146.